The van der Waals surface area contributed by atoms with E-state index >= 15 is 0 Å². The third-order valence-corrected chi connectivity index (χ3v) is 6.31. The predicted octanol–water partition coefficient (Wildman–Crippen LogP) is 2.81. The average Bonchev–Trinajstić information content (AvgIpc) is 2.65. The highest BCUT2D eigenvalue weighted by Gasteiger charge is 2.21. The molecule has 2 aromatic rings. The summed E-state index contributed by atoms with van der Waals surface area (Å²) in [5, 5.41) is 9.94. The molecule has 28 heavy (non-hydrogen) atoms. The second kappa shape index (κ2) is 8.94. The molecule has 6 nitrogen and oxygen atoms in total. The van der Waals surface area contributed by atoms with Crippen LogP contribution in [0.3, 0.4) is 0 Å². The maximum Gasteiger partial charge on any atom is 0.236 e. The fourth-order valence-corrected chi connectivity index (χ4v) is 4.64. The van der Waals surface area contributed by atoms with E-state index in [2.05, 4.69) is 4.72 Å². The standard InChI is InChI=1S/C20H23ClN2O4S/c21-19-4-2-1-3-16(19)14-28(26,27)22-17-7-5-15(6-8-17)13-20(25)23-11-9-18(24)10-12-23/h1-8,18,22,24H,9-14H2. The minimum atomic E-state index is -3.60. The van der Waals surface area contributed by atoms with Gasteiger partial charge in [-0.1, -0.05) is 41.9 Å². The number of amides is 1. The number of aliphatic hydroxyl groups excluding tert-OH is 1. The van der Waals surface area contributed by atoms with Gasteiger partial charge in [0.15, 0.2) is 0 Å². The lowest BCUT2D eigenvalue weighted by atomic mass is 10.1. The largest absolute Gasteiger partial charge is 0.393 e. The molecule has 8 heteroatoms. The zero-order chi connectivity index (χ0) is 20.1. The van der Waals surface area contributed by atoms with Gasteiger partial charge in [0.1, 0.15) is 0 Å². The number of hydrogen-bond acceptors (Lipinski definition) is 4. The van der Waals surface area contributed by atoms with E-state index < -0.39 is 10.0 Å². The summed E-state index contributed by atoms with van der Waals surface area (Å²) in [6.45, 7) is 1.14. The van der Waals surface area contributed by atoms with E-state index in [0.29, 0.717) is 42.2 Å². The third kappa shape index (κ3) is 5.70. The number of halogens is 1. The summed E-state index contributed by atoms with van der Waals surface area (Å²) in [7, 11) is -3.60. The fourth-order valence-electron chi connectivity index (χ4n) is 3.13. The molecule has 1 heterocycles. The van der Waals surface area contributed by atoms with E-state index in [0.717, 1.165) is 5.56 Å². The molecule has 2 aromatic carbocycles. The highest BCUT2D eigenvalue weighted by Crippen LogP contribution is 2.20. The highest BCUT2D eigenvalue weighted by atomic mass is 35.5. The van der Waals surface area contributed by atoms with Gasteiger partial charge in [0, 0.05) is 23.8 Å². The summed E-state index contributed by atoms with van der Waals surface area (Å²) in [6.07, 6.45) is 1.15. The van der Waals surface area contributed by atoms with Gasteiger partial charge in [-0.2, -0.15) is 0 Å². The van der Waals surface area contributed by atoms with Crippen molar-refractivity contribution in [1.29, 1.82) is 0 Å². The lowest BCUT2D eigenvalue weighted by Crippen LogP contribution is -2.40. The first-order valence-electron chi connectivity index (χ1n) is 9.11. The molecule has 0 spiro atoms. The van der Waals surface area contributed by atoms with Crippen molar-refractivity contribution >= 4 is 33.2 Å². The van der Waals surface area contributed by atoms with Gasteiger partial charge in [0.05, 0.1) is 18.3 Å². The Balaban J connectivity index is 1.58. The number of carbonyl (C=O) groups excluding carboxylic acids is 1. The summed E-state index contributed by atoms with van der Waals surface area (Å²) in [5.74, 6) is -0.202. The number of nitrogens with one attached hydrogen (secondary N) is 1. The van der Waals surface area contributed by atoms with Crippen LogP contribution in [0.2, 0.25) is 5.02 Å². The summed E-state index contributed by atoms with van der Waals surface area (Å²) in [5.41, 5.74) is 1.78. The molecule has 1 fully saturated rings. The van der Waals surface area contributed by atoms with Crippen molar-refractivity contribution in [3.05, 3.63) is 64.7 Å². The number of piperidine rings is 1. The van der Waals surface area contributed by atoms with Crippen LogP contribution in [0.25, 0.3) is 0 Å². The number of benzene rings is 2. The van der Waals surface area contributed by atoms with Crippen molar-refractivity contribution < 1.29 is 18.3 Å². The monoisotopic (exact) mass is 422 g/mol. The van der Waals surface area contributed by atoms with Crippen molar-refractivity contribution in [2.24, 2.45) is 0 Å². The van der Waals surface area contributed by atoms with Crippen molar-refractivity contribution in [2.75, 3.05) is 17.8 Å². The Morgan fingerprint density at radius 2 is 1.75 bits per heavy atom. The number of likely N-dealkylation sites (tertiary alicyclic amines) is 1. The molecule has 1 aliphatic heterocycles. The molecule has 2 N–H and O–H groups in total. The van der Waals surface area contributed by atoms with Crippen LogP contribution in [0.1, 0.15) is 24.0 Å². The summed E-state index contributed by atoms with van der Waals surface area (Å²) in [4.78, 5) is 14.1. The van der Waals surface area contributed by atoms with Crippen LogP contribution in [0.5, 0.6) is 0 Å². The number of anilines is 1. The van der Waals surface area contributed by atoms with E-state index in [-0.39, 0.29) is 24.2 Å². The van der Waals surface area contributed by atoms with Crippen LogP contribution in [-0.4, -0.2) is 43.5 Å². The zero-order valence-electron chi connectivity index (χ0n) is 15.3. The van der Waals surface area contributed by atoms with Crippen LogP contribution in [0.4, 0.5) is 5.69 Å². The molecule has 3 rings (SSSR count). The number of nitrogens with zero attached hydrogens (tertiary/aromatic N) is 1. The zero-order valence-corrected chi connectivity index (χ0v) is 16.9. The van der Waals surface area contributed by atoms with Gasteiger partial charge in [0.2, 0.25) is 15.9 Å². The maximum atomic E-state index is 12.4. The molecular weight excluding hydrogens is 400 g/mol. The summed E-state index contributed by atoms with van der Waals surface area (Å²) >= 11 is 6.03. The number of hydrogen-bond donors (Lipinski definition) is 2. The van der Waals surface area contributed by atoms with Gasteiger partial charge in [-0.05, 0) is 42.2 Å². The Morgan fingerprint density at radius 1 is 1.11 bits per heavy atom. The Labute approximate surface area is 170 Å². The molecule has 1 aliphatic rings. The first-order valence-corrected chi connectivity index (χ1v) is 11.1. The van der Waals surface area contributed by atoms with Crippen LogP contribution in [0.15, 0.2) is 48.5 Å². The van der Waals surface area contributed by atoms with Crippen LogP contribution >= 0.6 is 11.6 Å². The quantitative estimate of drug-likeness (QED) is 0.749. The minimum absolute atomic E-state index is 0.0129. The highest BCUT2D eigenvalue weighted by molar-refractivity contribution is 7.91. The lowest BCUT2D eigenvalue weighted by molar-refractivity contribution is -0.132. The van der Waals surface area contributed by atoms with Crippen molar-refractivity contribution in [3.63, 3.8) is 0 Å². The molecule has 0 aliphatic carbocycles. The smallest absolute Gasteiger partial charge is 0.236 e. The van der Waals surface area contributed by atoms with E-state index in [4.69, 9.17) is 11.6 Å². The SMILES string of the molecule is O=C(Cc1ccc(NS(=O)(=O)Cc2ccccc2Cl)cc1)N1CCC(O)CC1. The first-order chi connectivity index (χ1) is 13.3. The number of sulfonamides is 1. The average molecular weight is 423 g/mol. The summed E-state index contributed by atoms with van der Waals surface area (Å²) in [6, 6.07) is 13.6. The third-order valence-electron chi connectivity index (χ3n) is 4.70. The molecular formula is C20H23ClN2O4S. The van der Waals surface area contributed by atoms with Crippen LogP contribution in [-0.2, 0) is 27.0 Å². The maximum absolute atomic E-state index is 12.4. The van der Waals surface area contributed by atoms with Crippen LogP contribution in [0, 0.1) is 0 Å². The predicted molar refractivity (Wildman–Crippen MR) is 110 cm³/mol. The Kier molecular flexibility index (Phi) is 6.59. The minimum Gasteiger partial charge on any atom is -0.393 e. The van der Waals surface area contributed by atoms with E-state index in [1.165, 1.54) is 0 Å². The lowest BCUT2D eigenvalue weighted by Gasteiger charge is -2.29. The molecule has 0 unspecified atom stereocenters. The second-order valence-electron chi connectivity index (χ2n) is 6.94. The Hall–Kier alpha value is -2.09. The molecule has 0 saturated carbocycles. The number of rotatable bonds is 6. The van der Waals surface area contributed by atoms with Crippen molar-refractivity contribution in [1.82, 2.24) is 4.90 Å². The Bertz CT molecular complexity index is 923. The molecule has 0 radical (unpaired) electrons. The van der Waals surface area contributed by atoms with Gasteiger partial charge < -0.3 is 10.0 Å². The van der Waals surface area contributed by atoms with Crippen LogP contribution < -0.4 is 4.72 Å². The number of aliphatic hydroxyl groups is 1. The van der Waals surface area contributed by atoms with Crippen molar-refractivity contribution in [2.45, 2.75) is 31.1 Å². The molecule has 1 saturated heterocycles. The summed E-state index contributed by atoms with van der Waals surface area (Å²) < 4.78 is 27.3. The van der Waals surface area contributed by atoms with Gasteiger partial charge in [-0.25, -0.2) is 8.42 Å². The van der Waals surface area contributed by atoms with E-state index in [1.807, 2.05) is 0 Å². The van der Waals surface area contributed by atoms with E-state index in [9.17, 15) is 18.3 Å². The topological polar surface area (TPSA) is 86.7 Å². The van der Waals surface area contributed by atoms with Gasteiger partial charge in [-0.15, -0.1) is 0 Å². The van der Waals surface area contributed by atoms with Crippen molar-refractivity contribution in [3.8, 4) is 0 Å². The molecule has 0 atom stereocenters. The van der Waals surface area contributed by atoms with Gasteiger partial charge >= 0.3 is 0 Å². The molecule has 0 bridgehead atoms. The van der Waals surface area contributed by atoms with E-state index in [1.54, 1.807) is 53.4 Å². The second-order valence-corrected chi connectivity index (χ2v) is 9.07. The van der Waals surface area contributed by atoms with Gasteiger partial charge in [-0.3, -0.25) is 9.52 Å². The molecule has 1 amide bonds. The Morgan fingerprint density at radius 3 is 2.39 bits per heavy atom. The fraction of sp³-hybridized carbons (Fsp3) is 0.350. The normalized spacial score (nSPS) is 15.4. The molecule has 150 valence electrons. The first kappa shape index (κ1) is 20.6. The van der Waals surface area contributed by atoms with Gasteiger partial charge in [0.25, 0.3) is 0 Å². The molecule has 0 aromatic heterocycles. The number of carbonyl (C=O) groups is 1.